The van der Waals surface area contributed by atoms with Crippen LogP contribution in [0.5, 0.6) is 0 Å². The van der Waals surface area contributed by atoms with Crippen molar-refractivity contribution in [1.82, 2.24) is 0 Å². The molecule has 0 spiro atoms. The molecule has 0 nitrogen and oxygen atoms in total. The van der Waals surface area contributed by atoms with Crippen LogP contribution in [0.15, 0.2) is 36.4 Å². The van der Waals surface area contributed by atoms with Gasteiger partial charge in [-0.25, -0.2) is 0 Å². The van der Waals surface area contributed by atoms with E-state index in [9.17, 15) is 0 Å². The number of thiophene rings is 3. The standard InChI is InChI=1S/C17H9S3.3C4H9.Sn/c1-9-4-11-6-13-12-5-10-2-3-18-14(10)7-16(12)20-17(13)8-15(11)19-9;3*1-3-4-2;/h2,4-8H,1H3;3*1,3-4H2,2H3;. The summed E-state index contributed by atoms with van der Waals surface area (Å²) in [4.78, 5) is 1.41. The number of hydrogen-bond donors (Lipinski definition) is 0. The minimum absolute atomic E-state index is 1.35. The summed E-state index contributed by atoms with van der Waals surface area (Å²) in [5, 5.41) is 5.83. The molecule has 0 saturated carbocycles. The molecule has 2 aromatic carbocycles. The molecule has 3 aromatic heterocycles. The Labute approximate surface area is 214 Å². The Kier molecular flexibility index (Phi) is 7.42. The second-order valence-electron chi connectivity index (χ2n) is 9.93. The number of aryl methyl sites for hydroxylation is 1. The molecule has 3 heterocycles. The van der Waals surface area contributed by atoms with E-state index in [1.54, 1.807) is 13.3 Å². The summed E-state index contributed by atoms with van der Waals surface area (Å²) >= 11 is 3.73. The molecule has 0 radical (unpaired) electrons. The van der Waals surface area contributed by atoms with Crippen LogP contribution in [0.1, 0.15) is 64.2 Å². The van der Waals surface area contributed by atoms with Crippen LogP contribution in [-0.4, -0.2) is 18.4 Å². The summed E-state index contributed by atoms with van der Waals surface area (Å²) in [6.07, 6.45) is 8.36. The normalized spacial score (nSPS) is 12.7. The van der Waals surface area contributed by atoms with Gasteiger partial charge in [0.05, 0.1) is 0 Å². The maximum absolute atomic E-state index is 2.67. The second-order valence-corrected chi connectivity index (χ2v) is 27.5. The van der Waals surface area contributed by atoms with Gasteiger partial charge in [-0.1, -0.05) is 0 Å². The third kappa shape index (κ3) is 4.64. The summed E-state index contributed by atoms with van der Waals surface area (Å²) in [6, 6.07) is 15.0. The van der Waals surface area contributed by atoms with E-state index in [4.69, 9.17) is 0 Å². The van der Waals surface area contributed by atoms with Crippen molar-refractivity contribution in [2.75, 3.05) is 0 Å². The Balaban J connectivity index is 1.64. The topological polar surface area (TPSA) is 0 Å². The fourth-order valence-corrected chi connectivity index (χ4v) is 28.1. The van der Waals surface area contributed by atoms with Gasteiger partial charge in [0.25, 0.3) is 0 Å². The van der Waals surface area contributed by atoms with Crippen molar-refractivity contribution >= 4 is 95.6 Å². The molecule has 5 rings (SSSR count). The monoisotopic (exact) mass is 600 g/mol. The van der Waals surface area contributed by atoms with Gasteiger partial charge in [0, 0.05) is 0 Å². The van der Waals surface area contributed by atoms with E-state index in [0.29, 0.717) is 0 Å². The first-order chi connectivity index (χ1) is 16.1. The number of hydrogen-bond acceptors (Lipinski definition) is 3. The first kappa shape index (κ1) is 24.1. The van der Waals surface area contributed by atoms with Gasteiger partial charge in [0.2, 0.25) is 0 Å². The van der Waals surface area contributed by atoms with E-state index in [1.807, 2.05) is 25.6 Å². The first-order valence-electron chi connectivity index (χ1n) is 12.9. The van der Waals surface area contributed by atoms with E-state index in [-0.39, 0.29) is 0 Å². The summed E-state index contributed by atoms with van der Waals surface area (Å²) in [7, 11) is 0. The summed E-state index contributed by atoms with van der Waals surface area (Å²) < 4.78 is 12.4. The predicted octanol–water partition coefficient (Wildman–Crippen LogP) is 10.8. The fraction of sp³-hybridized carbons (Fsp3) is 0.448. The van der Waals surface area contributed by atoms with E-state index < -0.39 is 18.4 Å². The Hall–Kier alpha value is -0.621. The molecule has 0 aliphatic heterocycles. The van der Waals surface area contributed by atoms with Crippen molar-refractivity contribution in [1.29, 1.82) is 0 Å². The molecule has 0 unspecified atom stereocenters. The molecule has 174 valence electrons. The molecular formula is C29H36S3Sn. The predicted molar refractivity (Wildman–Crippen MR) is 159 cm³/mol. The molecule has 0 atom stereocenters. The number of unbranched alkanes of at least 4 members (excludes halogenated alkanes) is 3. The molecule has 0 aliphatic carbocycles. The van der Waals surface area contributed by atoms with Gasteiger partial charge in [-0.05, 0) is 0 Å². The first-order valence-corrected chi connectivity index (χ1v) is 22.8. The van der Waals surface area contributed by atoms with Crippen molar-refractivity contribution in [3.05, 3.63) is 41.3 Å². The second kappa shape index (κ2) is 10.2. The number of fused-ring (bicyclic) bond motifs is 5. The van der Waals surface area contributed by atoms with Gasteiger partial charge < -0.3 is 0 Å². The van der Waals surface area contributed by atoms with E-state index >= 15 is 0 Å². The fourth-order valence-electron chi connectivity index (χ4n) is 5.53. The zero-order chi connectivity index (χ0) is 23.0. The molecule has 5 aromatic rings. The summed E-state index contributed by atoms with van der Waals surface area (Å²) in [6.45, 7) is 9.37. The van der Waals surface area contributed by atoms with Crippen LogP contribution in [0.25, 0.3) is 40.3 Å². The number of rotatable bonds is 10. The van der Waals surface area contributed by atoms with Crippen molar-refractivity contribution < 1.29 is 0 Å². The van der Waals surface area contributed by atoms with Gasteiger partial charge in [0.15, 0.2) is 0 Å². The van der Waals surface area contributed by atoms with Crippen molar-refractivity contribution in [2.45, 2.75) is 79.5 Å². The molecule has 33 heavy (non-hydrogen) atoms. The summed E-state index contributed by atoms with van der Waals surface area (Å²) in [5.41, 5.74) is 0. The zero-order valence-electron chi connectivity index (χ0n) is 20.6. The average molecular weight is 600 g/mol. The Morgan fingerprint density at radius 2 is 1.09 bits per heavy atom. The molecular weight excluding hydrogens is 563 g/mol. The molecule has 0 saturated heterocycles. The van der Waals surface area contributed by atoms with Gasteiger partial charge >= 0.3 is 216 Å². The average Bonchev–Trinajstić information content (AvgIpc) is 3.49. The number of benzene rings is 2. The van der Waals surface area contributed by atoms with Crippen LogP contribution in [0, 0.1) is 6.92 Å². The molecule has 0 amide bonds. The Morgan fingerprint density at radius 3 is 1.64 bits per heavy atom. The van der Waals surface area contributed by atoms with Crippen LogP contribution in [0.3, 0.4) is 0 Å². The molecule has 0 bridgehead atoms. The van der Waals surface area contributed by atoms with Gasteiger partial charge in [-0.2, -0.15) is 0 Å². The van der Waals surface area contributed by atoms with Gasteiger partial charge in [0.1, 0.15) is 0 Å². The Bertz CT molecular complexity index is 1380. The third-order valence-corrected chi connectivity index (χ3v) is 28.9. The van der Waals surface area contributed by atoms with Crippen LogP contribution < -0.4 is 2.89 Å². The Morgan fingerprint density at radius 1 is 0.576 bits per heavy atom. The van der Waals surface area contributed by atoms with Crippen LogP contribution in [-0.2, 0) is 0 Å². The maximum atomic E-state index is 2.67. The summed E-state index contributed by atoms with van der Waals surface area (Å²) in [5.74, 6) is 0. The third-order valence-electron chi connectivity index (χ3n) is 7.42. The van der Waals surface area contributed by atoms with Crippen LogP contribution >= 0.6 is 34.0 Å². The van der Waals surface area contributed by atoms with Gasteiger partial charge in [-0.15, -0.1) is 0 Å². The van der Waals surface area contributed by atoms with Crippen molar-refractivity contribution in [3.8, 4) is 0 Å². The van der Waals surface area contributed by atoms with Crippen LogP contribution in [0.4, 0.5) is 0 Å². The SMILES string of the molecule is CCC[CH2][Sn]([CH2]CCC)([CH2]CCC)[c]1cc2cc3c(cc2s1)sc1cc2sc(C)cc2cc13. The van der Waals surface area contributed by atoms with E-state index in [2.05, 4.69) is 75.4 Å². The molecule has 0 aliphatic rings. The van der Waals surface area contributed by atoms with Gasteiger partial charge in [-0.3, -0.25) is 0 Å². The molecule has 0 fully saturated rings. The quantitative estimate of drug-likeness (QED) is 0.140. The van der Waals surface area contributed by atoms with Crippen molar-refractivity contribution in [3.63, 3.8) is 0 Å². The van der Waals surface area contributed by atoms with Crippen LogP contribution in [0.2, 0.25) is 13.3 Å². The van der Waals surface area contributed by atoms with E-state index in [1.165, 1.54) is 83.7 Å². The minimum atomic E-state index is -2.37. The van der Waals surface area contributed by atoms with E-state index in [0.717, 1.165) is 0 Å². The zero-order valence-corrected chi connectivity index (χ0v) is 25.9. The molecule has 0 N–H and O–H groups in total. The van der Waals surface area contributed by atoms with Crippen molar-refractivity contribution in [2.24, 2.45) is 0 Å². The molecule has 4 heteroatoms.